The highest BCUT2D eigenvalue weighted by Crippen LogP contribution is 2.23. The van der Waals surface area contributed by atoms with Crippen LogP contribution in [0, 0.1) is 6.92 Å². The molecule has 2 rings (SSSR count). The van der Waals surface area contributed by atoms with Gasteiger partial charge in [-0.2, -0.15) is 0 Å². The molecule has 0 unspecified atom stereocenters. The molecule has 108 valence electrons. The van der Waals surface area contributed by atoms with E-state index in [4.69, 9.17) is 0 Å². The van der Waals surface area contributed by atoms with Crippen molar-refractivity contribution in [1.82, 2.24) is 4.98 Å². The number of rotatable bonds is 4. The predicted octanol–water partition coefficient (Wildman–Crippen LogP) is 2.89. The van der Waals surface area contributed by atoms with E-state index in [1.165, 1.54) is 13.2 Å². The first kappa shape index (κ1) is 14.9. The molecule has 0 saturated heterocycles. The third kappa shape index (κ3) is 4.00. The van der Waals surface area contributed by atoms with Crippen LogP contribution in [0.2, 0.25) is 0 Å². The highest BCUT2D eigenvalue weighted by Gasteiger charge is 2.16. The number of ether oxygens (including phenoxy) is 1. The molecule has 1 amide bonds. The molecule has 0 aliphatic rings. The number of aryl methyl sites for hydroxylation is 1. The number of benzene rings is 1. The van der Waals surface area contributed by atoms with Crippen molar-refractivity contribution in [3.8, 4) is 0 Å². The summed E-state index contributed by atoms with van der Waals surface area (Å²) in [6, 6.07) is 9.48. The van der Waals surface area contributed by atoms with E-state index in [1.54, 1.807) is 13.0 Å². The Morgan fingerprint density at radius 3 is 2.67 bits per heavy atom. The van der Waals surface area contributed by atoms with Crippen molar-refractivity contribution < 1.29 is 14.3 Å². The summed E-state index contributed by atoms with van der Waals surface area (Å²) in [5.41, 5.74) is 1.47. The van der Waals surface area contributed by atoms with Gasteiger partial charge in [0.05, 0.1) is 12.8 Å². The third-order valence-electron chi connectivity index (χ3n) is 2.62. The average molecular weight is 302 g/mol. The lowest BCUT2D eigenvalue weighted by atomic mass is 10.2. The molecule has 5 nitrogen and oxygen atoms in total. The van der Waals surface area contributed by atoms with E-state index in [0.717, 1.165) is 16.9 Å². The van der Waals surface area contributed by atoms with Crippen LogP contribution in [0.15, 0.2) is 36.4 Å². The Kier molecular flexibility index (Phi) is 4.84. The number of esters is 1. The first-order chi connectivity index (χ1) is 10.1. The van der Waals surface area contributed by atoms with Crippen LogP contribution in [0.4, 0.5) is 5.13 Å². The Balaban J connectivity index is 2.03. The molecule has 0 bridgehead atoms. The maximum atomic E-state index is 11.8. The fourth-order valence-corrected chi connectivity index (χ4v) is 2.50. The van der Waals surface area contributed by atoms with E-state index in [-0.39, 0.29) is 5.91 Å². The molecular formula is C15H14N2O3S. The Morgan fingerprint density at radius 1 is 1.29 bits per heavy atom. The van der Waals surface area contributed by atoms with Gasteiger partial charge in [0.2, 0.25) is 5.91 Å². The Morgan fingerprint density at radius 2 is 2.00 bits per heavy atom. The molecule has 21 heavy (non-hydrogen) atoms. The zero-order chi connectivity index (χ0) is 15.2. The first-order valence-corrected chi connectivity index (χ1v) is 7.01. The van der Waals surface area contributed by atoms with Crippen molar-refractivity contribution >= 4 is 34.4 Å². The highest BCUT2D eigenvalue weighted by atomic mass is 32.1. The summed E-state index contributed by atoms with van der Waals surface area (Å²) in [6.45, 7) is 1.69. The number of thiazole rings is 1. The molecule has 0 radical (unpaired) electrons. The minimum absolute atomic E-state index is 0.302. The van der Waals surface area contributed by atoms with Gasteiger partial charge in [-0.1, -0.05) is 41.7 Å². The lowest BCUT2D eigenvalue weighted by Gasteiger charge is -1.96. The van der Waals surface area contributed by atoms with Crippen LogP contribution >= 0.6 is 11.3 Å². The van der Waals surface area contributed by atoms with Gasteiger partial charge in [0, 0.05) is 6.08 Å². The normalized spacial score (nSPS) is 10.6. The van der Waals surface area contributed by atoms with Gasteiger partial charge < -0.3 is 4.74 Å². The fraction of sp³-hybridized carbons (Fsp3) is 0.133. The number of amides is 1. The molecule has 1 N–H and O–H groups in total. The van der Waals surface area contributed by atoms with Gasteiger partial charge >= 0.3 is 5.97 Å². The van der Waals surface area contributed by atoms with Crippen molar-refractivity contribution in [3.05, 3.63) is 52.5 Å². The van der Waals surface area contributed by atoms with E-state index in [1.807, 2.05) is 30.3 Å². The fourth-order valence-electron chi connectivity index (χ4n) is 1.62. The second kappa shape index (κ2) is 6.81. The van der Waals surface area contributed by atoms with Crippen molar-refractivity contribution in [2.45, 2.75) is 6.92 Å². The molecule has 6 heteroatoms. The SMILES string of the molecule is COC(=O)c1sc(NC(=O)/C=C\c2ccccc2)nc1C. The lowest BCUT2D eigenvalue weighted by Crippen LogP contribution is -2.07. The summed E-state index contributed by atoms with van der Waals surface area (Å²) < 4.78 is 4.65. The van der Waals surface area contributed by atoms with Gasteiger partial charge in [-0.05, 0) is 18.6 Å². The molecule has 1 heterocycles. The van der Waals surface area contributed by atoms with Crippen LogP contribution in [-0.2, 0) is 9.53 Å². The van der Waals surface area contributed by atoms with Crippen LogP contribution in [0.5, 0.6) is 0 Å². The van der Waals surface area contributed by atoms with Crippen molar-refractivity contribution in [2.24, 2.45) is 0 Å². The number of methoxy groups -OCH3 is 1. The van der Waals surface area contributed by atoms with Crippen LogP contribution in [0.1, 0.15) is 20.9 Å². The molecule has 0 spiro atoms. The molecule has 0 aliphatic carbocycles. The average Bonchev–Trinajstić information content (AvgIpc) is 2.86. The van der Waals surface area contributed by atoms with Crippen molar-refractivity contribution in [1.29, 1.82) is 0 Å². The molecule has 0 atom stereocenters. The van der Waals surface area contributed by atoms with Gasteiger partial charge in [-0.3, -0.25) is 10.1 Å². The molecule has 0 aliphatic heterocycles. The maximum Gasteiger partial charge on any atom is 0.350 e. The topological polar surface area (TPSA) is 68.3 Å². The van der Waals surface area contributed by atoms with Crippen LogP contribution < -0.4 is 5.32 Å². The van der Waals surface area contributed by atoms with E-state index < -0.39 is 5.97 Å². The zero-order valence-electron chi connectivity index (χ0n) is 11.6. The number of anilines is 1. The largest absolute Gasteiger partial charge is 0.465 e. The van der Waals surface area contributed by atoms with Crippen LogP contribution in [0.25, 0.3) is 6.08 Å². The molecule has 0 fully saturated rings. The second-order valence-corrected chi connectivity index (χ2v) is 5.16. The van der Waals surface area contributed by atoms with Crippen molar-refractivity contribution in [3.63, 3.8) is 0 Å². The summed E-state index contributed by atoms with van der Waals surface area (Å²) in [5.74, 6) is -0.755. The molecule has 0 saturated carbocycles. The minimum atomic E-state index is -0.453. The van der Waals surface area contributed by atoms with Gasteiger partial charge in [0.1, 0.15) is 4.88 Å². The van der Waals surface area contributed by atoms with Gasteiger partial charge in [0.25, 0.3) is 0 Å². The number of carbonyl (C=O) groups excluding carboxylic acids is 2. The van der Waals surface area contributed by atoms with Gasteiger partial charge in [-0.15, -0.1) is 0 Å². The molecular weight excluding hydrogens is 288 g/mol. The minimum Gasteiger partial charge on any atom is -0.465 e. The number of aromatic nitrogens is 1. The van der Waals surface area contributed by atoms with Crippen LogP contribution in [-0.4, -0.2) is 24.0 Å². The zero-order valence-corrected chi connectivity index (χ0v) is 12.4. The Labute approximate surface area is 126 Å². The number of hydrogen-bond acceptors (Lipinski definition) is 5. The molecule has 1 aromatic heterocycles. The van der Waals surface area contributed by atoms with Gasteiger partial charge in [-0.25, -0.2) is 9.78 Å². The van der Waals surface area contributed by atoms with E-state index in [0.29, 0.717) is 15.7 Å². The van der Waals surface area contributed by atoms with E-state index in [9.17, 15) is 9.59 Å². The predicted molar refractivity (Wildman–Crippen MR) is 82.3 cm³/mol. The summed E-state index contributed by atoms with van der Waals surface area (Å²) in [7, 11) is 1.31. The Hall–Kier alpha value is -2.47. The summed E-state index contributed by atoms with van der Waals surface area (Å²) in [4.78, 5) is 27.8. The van der Waals surface area contributed by atoms with E-state index >= 15 is 0 Å². The molecule has 1 aromatic carbocycles. The van der Waals surface area contributed by atoms with Crippen LogP contribution in [0.3, 0.4) is 0 Å². The standard InChI is InChI=1S/C15H14N2O3S/c1-10-13(14(19)20-2)21-15(16-10)17-12(18)9-8-11-6-4-3-5-7-11/h3-9H,1-2H3,(H,16,17,18)/b9-8-. The number of carbonyl (C=O) groups is 2. The smallest absolute Gasteiger partial charge is 0.350 e. The highest BCUT2D eigenvalue weighted by molar-refractivity contribution is 7.17. The third-order valence-corrected chi connectivity index (χ3v) is 3.68. The number of nitrogens with one attached hydrogen (secondary N) is 1. The second-order valence-electron chi connectivity index (χ2n) is 4.16. The van der Waals surface area contributed by atoms with Crippen molar-refractivity contribution in [2.75, 3.05) is 12.4 Å². The quantitative estimate of drug-likeness (QED) is 0.696. The summed E-state index contributed by atoms with van der Waals surface area (Å²) in [6.07, 6.45) is 3.13. The molecule has 2 aromatic rings. The number of hydrogen-bond donors (Lipinski definition) is 1. The lowest BCUT2D eigenvalue weighted by molar-refractivity contribution is -0.111. The number of nitrogens with zero attached hydrogens (tertiary/aromatic N) is 1. The summed E-state index contributed by atoms with van der Waals surface area (Å²) in [5, 5.41) is 3.00. The van der Waals surface area contributed by atoms with E-state index in [2.05, 4.69) is 15.0 Å². The Bertz CT molecular complexity index is 677. The monoisotopic (exact) mass is 302 g/mol. The van der Waals surface area contributed by atoms with Gasteiger partial charge in [0.15, 0.2) is 5.13 Å². The maximum absolute atomic E-state index is 11.8. The first-order valence-electron chi connectivity index (χ1n) is 6.20. The summed E-state index contributed by atoms with van der Waals surface area (Å²) >= 11 is 1.09.